The molecule has 0 aromatic carbocycles. The Morgan fingerprint density at radius 3 is 2.18 bits per heavy atom. The third kappa shape index (κ3) is 11.7. The van der Waals surface area contributed by atoms with Crippen LogP contribution in [-0.4, -0.2) is 82.4 Å². The van der Waals surface area contributed by atoms with Gasteiger partial charge in [0, 0.05) is 25.4 Å². The highest BCUT2D eigenvalue weighted by Gasteiger charge is 2.54. The summed E-state index contributed by atoms with van der Waals surface area (Å²) in [5.41, 5.74) is 21.1. The molecule has 9 N–H and O–H groups in total. The Morgan fingerprint density at radius 2 is 1.50 bits per heavy atom. The maximum absolute atomic E-state index is 12.1. The van der Waals surface area contributed by atoms with Crippen LogP contribution in [0.15, 0.2) is 22.6 Å². The zero-order chi connectivity index (χ0) is 27.6. The van der Waals surface area contributed by atoms with Gasteiger partial charge in [0.2, 0.25) is 0 Å². The van der Waals surface area contributed by atoms with E-state index in [1.54, 1.807) is 0 Å². The molecule has 2 aliphatic rings. The van der Waals surface area contributed by atoms with Crippen LogP contribution < -0.4 is 22.9 Å². The van der Waals surface area contributed by atoms with Gasteiger partial charge in [-0.3, -0.25) is 19.8 Å². The van der Waals surface area contributed by atoms with Crippen molar-refractivity contribution in [1.29, 1.82) is 0 Å². The van der Waals surface area contributed by atoms with Crippen LogP contribution in [0.25, 0.3) is 0 Å². The van der Waals surface area contributed by atoms with Crippen LogP contribution in [0.4, 0.5) is 0 Å². The number of aliphatic hydroxyl groups is 1. The van der Waals surface area contributed by atoms with Gasteiger partial charge in [0.25, 0.3) is 0 Å². The number of allylic oxidation sites excluding steroid dienone is 1. The largest absolute Gasteiger partial charge is 0.374 e. The molecule has 3 atom stereocenters. The summed E-state index contributed by atoms with van der Waals surface area (Å²) < 4.78 is 0. The van der Waals surface area contributed by atoms with Crippen LogP contribution in [0.2, 0.25) is 0 Å². The SMILES string of the molecule is C=CCCCCCCCCCCC1(O)C(SCCN=C(N)N)CC2N(CCCCCN=C(N)N)CCCN21. The number of thioether (sulfide) groups is 1. The van der Waals surface area contributed by atoms with E-state index in [0.717, 1.165) is 76.8 Å². The zero-order valence-electron chi connectivity index (χ0n) is 23.7. The number of unbranched alkanes of at least 4 members (excludes halogenated alkanes) is 10. The van der Waals surface area contributed by atoms with Crippen LogP contribution >= 0.6 is 11.8 Å². The molecule has 9 nitrogen and oxygen atoms in total. The van der Waals surface area contributed by atoms with Gasteiger partial charge in [-0.05, 0) is 57.9 Å². The van der Waals surface area contributed by atoms with E-state index in [2.05, 4.69) is 26.4 Å². The van der Waals surface area contributed by atoms with Crippen LogP contribution in [0.1, 0.15) is 96.3 Å². The molecule has 2 saturated heterocycles. The van der Waals surface area contributed by atoms with Gasteiger partial charge in [-0.25, -0.2) is 0 Å². The van der Waals surface area contributed by atoms with Gasteiger partial charge >= 0.3 is 0 Å². The number of aliphatic imine (C=N–C) groups is 2. The molecule has 2 heterocycles. The first-order valence-corrected chi connectivity index (χ1v) is 16.0. The molecule has 10 heteroatoms. The fourth-order valence-corrected chi connectivity index (χ4v) is 7.22. The van der Waals surface area contributed by atoms with E-state index in [0.29, 0.717) is 19.3 Å². The van der Waals surface area contributed by atoms with Crippen molar-refractivity contribution in [1.82, 2.24) is 9.80 Å². The molecular formula is C28H56N8OS. The second kappa shape index (κ2) is 18.7. The number of rotatable bonds is 21. The lowest BCUT2D eigenvalue weighted by molar-refractivity contribution is -0.136. The maximum atomic E-state index is 12.1. The Kier molecular flexibility index (Phi) is 16.1. The quantitative estimate of drug-likeness (QED) is 0.0628. The summed E-state index contributed by atoms with van der Waals surface area (Å²) in [6.07, 6.45) is 19.7. The molecule has 3 unspecified atom stereocenters. The van der Waals surface area contributed by atoms with Gasteiger partial charge in [-0.1, -0.05) is 51.0 Å². The van der Waals surface area contributed by atoms with Gasteiger partial charge in [-0.15, -0.1) is 6.58 Å². The van der Waals surface area contributed by atoms with Crippen LogP contribution in [-0.2, 0) is 0 Å². The minimum absolute atomic E-state index is 0.136. The second-order valence-electron chi connectivity index (χ2n) is 10.9. The summed E-state index contributed by atoms with van der Waals surface area (Å²) in [6, 6.07) is 0. The minimum atomic E-state index is -0.760. The predicted octanol–water partition coefficient (Wildman–Crippen LogP) is 3.32. The molecule has 38 heavy (non-hydrogen) atoms. The smallest absolute Gasteiger partial charge is 0.185 e. The Bertz CT molecular complexity index is 713. The minimum Gasteiger partial charge on any atom is -0.374 e. The van der Waals surface area contributed by atoms with E-state index in [9.17, 15) is 5.11 Å². The van der Waals surface area contributed by atoms with Crippen molar-refractivity contribution < 1.29 is 5.11 Å². The van der Waals surface area contributed by atoms with Crippen molar-refractivity contribution >= 4 is 23.7 Å². The Morgan fingerprint density at radius 1 is 0.868 bits per heavy atom. The summed E-state index contributed by atoms with van der Waals surface area (Å²) in [7, 11) is 0. The van der Waals surface area contributed by atoms with E-state index in [-0.39, 0.29) is 17.2 Å². The number of nitrogens with zero attached hydrogens (tertiary/aromatic N) is 4. The molecule has 0 amide bonds. The van der Waals surface area contributed by atoms with Gasteiger partial charge in [0.05, 0.1) is 18.0 Å². The molecule has 0 aromatic rings. The summed E-state index contributed by atoms with van der Waals surface area (Å²) in [6.45, 7) is 8.22. The highest BCUT2D eigenvalue weighted by atomic mass is 32.2. The first-order chi connectivity index (χ1) is 18.4. The third-order valence-corrected chi connectivity index (χ3v) is 9.26. The van der Waals surface area contributed by atoms with E-state index in [1.165, 1.54) is 44.9 Å². The fraction of sp³-hybridized carbons (Fsp3) is 0.857. The molecule has 0 saturated carbocycles. The van der Waals surface area contributed by atoms with E-state index in [4.69, 9.17) is 22.9 Å². The first-order valence-electron chi connectivity index (χ1n) is 14.9. The molecule has 0 aromatic heterocycles. The summed E-state index contributed by atoms with van der Waals surface area (Å²) in [5.74, 6) is 1.13. The second-order valence-corrected chi connectivity index (χ2v) is 12.2. The summed E-state index contributed by atoms with van der Waals surface area (Å²) in [4.78, 5) is 13.3. The van der Waals surface area contributed by atoms with Crippen molar-refractivity contribution in [3.8, 4) is 0 Å². The molecule has 0 bridgehead atoms. The third-order valence-electron chi connectivity index (χ3n) is 7.87. The van der Waals surface area contributed by atoms with Crippen molar-refractivity contribution in [2.75, 3.05) is 38.5 Å². The molecule has 220 valence electrons. The first kappa shape index (κ1) is 32.7. The number of guanidine groups is 2. The molecule has 2 rings (SSSR count). The van der Waals surface area contributed by atoms with Gasteiger partial charge in [0.1, 0.15) is 5.72 Å². The Hall–Kier alpha value is -1.49. The van der Waals surface area contributed by atoms with E-state index in [1.807, 2.05) is 17.8 Å². The fourth-order valence-electron chi connectivity index (χ4n) is 5.92. The average Bonchev–Trinajstić information content (AvgIpc) is 3.17. The standard InChI is InChI=1S/C28H56N8OS/c1-2-3-4-5-6-7-8-9-10-12-16-28(37)24(38-22-18-34-27(31)32)23-25-35(20-15-21-36(25)28)19-14-11-13-17-33-26(29)30/h2,24-25,37H,1,3-23H2,(H4,29,30,33)(H4,31,32,34). The normalized spacial score (nSPS) is 23.7. The lowest BCUT2D eigenvalue weighted by Crippen LogP contribution is -2.58. The number of hydrogen-bond donors (Lipinski definition) is 5. The van der Waals surface area contributed by atoms with Gasteiger partial charge in [0.15, 0.2) is 11.9 Å². The van der Waals surface area contributed by atoms with Crippen molar-refractivity contribution in [3.63, 3.8) is 0 Å². The molecule has 0 aliphatic carbocycles. The lowest BCUT2D eigenvalue weighted by atomic mass is 9.99. The summed E-state index contributed by atoms with van der Waals surface area (Å²) in [5, 5.41) is 12.3. The highest BCUT2D eigenvalue weighted by Crippen LogP contribution is 2.45. The van der Waals surface area contributed by atoms with Crippen molar-refractivity contribution in [2.45, 2.75) is 113 Å². The zero-order valence-corrected chi connectivity index (χ0v) is 24.6. The van der Waals surface area contributed by atoms with E-state index >= 15 is 0 Å². The predicted molar refractivity (Wildman–Crippen MR) is 164 cm³/mol. The summed E-state index contributed by atoms with van der Waals surface area (Å²) >= 11 is 1.84. The Labute approximate surface area is 235 Å². The van der Waals surface area contributed by atoms with Crippen LogP contribution in [0.3, 0.4) is 0 Å². The molecule has 2 fully saturated rings. The number of hydrogen-bond acceptors (Lipinski definition) is 6. The lowest BCUT2D eigenvalue weighted by Gasteiger charge is -2.46. The highest BCUT2D eigenvalue weighted by molar-refractivity contribution is 8.00. The molecule has 0 spiro atoms. The Balaban J connectivity index is 1.86. The average molecular weight is 553 g/mol. The number of fused-ring (bicyclic) bond motifs is 1. The monoisotopic (exact) mass is 552 g/mol. The van der Waals surface area contributed by atoms with Crippen molar-refractivity contribution in [3.05, 3.63) is 12.7 Å². The molecule has 2 aliphatic heterocycles. The van der Waals surface area contributed by atoms with Crippen molar-refractivity contribution in [2.24, 2.45) is 32.9 Å². The van der Waals surface area contributed by atoms with Gasteiger partial charge in [-0.2, -0.15) is 11.8 Å². The van der Waals surface area contributed by atoms with E-state index < -0.39 is 5.72 Å². The van der Waals surface area contributed by atoms with Crippen LogP contribution in [0.5, 0.6) is 0 Å². The molecule has 0 radical (unpaired) electrons. The molecular weight excluding hydrogens is 496 g/mol. The van der Waals surface area contributed by atoms with Gasteiger partial charge < -0.3 is 28.0 Å². The topological polar surface area (TPSA) is 156 Å². The number of nitrogens with two attached hydrogens (primary N) is 4. The van der Waals surface area contributed by atoms with Crippen LogP contribution in [0, 0.1) is 0 Å². The maximum Gasteiger partial charge on any atom is 0.185 e.